The second kappa shape index (κ2) is 4.19. The van der Waals surface area contributed by atoms with E-state index in [1.165, 1.54) is 19.8 Å². The summed E-state index contributed by atoms with van der Waals surface area (Å²) in [5.41, 5.74) is 0. The summed E-state index contributed by atoms with van der Waals surface area (Å²) in [4.78, 5) is 13.4. The molecule has 15 heavy (non-hydrogen) atoms. The molecule has 0 aliphatic carbocycles. The normalized spacial score (nSPS) is 22.1. The Labute approximate surface area is 90.1 Å². The molecule has 3 nitrogen and oxygen atoms in total. The van der Waals surface area contributed by atoms with E-state index in [2.05, 4.69) is 11.8 Å². The number of Topliss-reactive ketones (excluding diaryl/α,β-unsaturated/α-hetero) is 1. The number of ketones is 1. The fraction of sp³-hybridized carbons (Fsp3) is 0.583. The van der Waals surface area contributed by atoms with Crippen LogP contribution >= 0.6 is 0 Å². The van der Waals surface area contributed by atoms with Crippen LogP contribution in [0, 0.1) is 0 Å². The Kier molecular flexibility index (Phi) is 2.91. The molecule has 1 unspecified atom stereocenters. The SMILES string of the molecule is CC(=O)c1ccc(CN2CCCC2C)o1. The first-order valence-corrected chi connectivity index (χ1v) is 5.50. The molecule has 0 amide bonds. The number of furan rings is 1. The Bertz CT molecular complexity index is 356. The van der Waals surface area contributed by atoms with Gasteiger partial charge in [-0.2, -0.15) is 0 Å². The van der Waals surface area contributed by atoms with Crippen LogP contribution in [-0.4, -0.2) is 23.3 Å². The lowest BCUT2D eigenvalue weighted by Gasteiger charge is -2.19. The molecule has 1 aliphatic heterocycles. The maximum Gasteiger partial charge on any atom is 0.194 e. The monoisotopic (exact) mass is 207 g/mol. The zero-order valence-corrected chi connectivity index (χ0v) is 9.32. The maximum atomic E-state index is 11.1. The summed E-state index contributed by atoms with van der Waals surface area (Å²) in [6.45, 7) is 5.73. The fourth-order valence-electron chi connectivity index (χ4n) is 2.08. The van der Waals surface area contributed by atoms with Gasteiger partial charge < -0.3 is 4.42 Å². The third-order valence-corrected chi connectivity index (χ3v) is 3.06. The molecule has 1 aromatic heterocycles. The molecule has 1 fully saturated rings. The molecule has 1 aromatic rings. The molecule has 0 bridgehead atoms. The Hall–Kier alpha value is -1.09. The Morgan fingerprint density at radius 1 is 1.60 bits per heavy atom. The van der Waals surface area contributed by atoms with Crippen LogP contribution in [0.25, 0.3) is 0 Å². The molecule has 2 rings (SSSR count). The van der Waals surface area contributed by atoms with Gasteiger partial charge in [0.15, 0.2) is 11.5 Å². The number of hydrogen-bond acceptors (Lipinski definition) is 3. The average molecular weight is 207 g/mol. The third-order valence-electron chi connectivity index (χ3n) is 3.06. The van der Waals surface area contributed by atoms with Gasteiger partial charge in [-0.3, -0.25) is 9.69 Å². The lowest BCUT2D eigenvalue weighted by atomic mass is 10.2. The summed E-state index contributed by atoms with van der Waals surface area (Å²) in [6.07, 6.45) is 2.53. The molecule has 0 aromatic carbocycles. The van der Waals surface area contributed by atoms with Crippen molar-refractivity contribution in [2.24, 2.45) is 0 Å². The third kappa shape index (κ3) is 2.29. The van der Waals surface area contributed by atoms with Gasteiger partial charge in [0.2, 0.25) is 0 Å². The molecular formula is C12H17NO2. The van der Waals surface area contributed by atoms with E-state index >= 15 is 0 Å². The molecule has 82 valence electrons. The smallest absolute Gasteiger partial charge is 0.194 e. The van der Waals surface area contributed by atoms with Crippen molar-refractivity contribution in [1.29, 1.82) is 0 Å². The predicted molar refractivity (Wildman–Crippen MR) is 57.8 cm³/mol. The topological polar surface area (TPSA) is 33.5 Å². The fourth-order valence-corrected chi connectivity index (χ4v) is 2.08. The molecule has 3 heteroatoms. The Morgan fingerprint density at radius 2 is 2.40 bits per heavy atom. The summed E-state index contributed by atoms with van der Waals surface area (Å²) in [7, 11) is 0. The molecule has 0 N–H and O–H groups in total. The van der Waals surface area contributed by atoms with Gasteiger partial charge in [0, 0.05) is 13.0 Å². The largest absolute Gasteiger partial charge is 0.457 e. The highest BCUT2D eigenvalue weighted by Gasteiger charge is 2.21. The minimum Gasteiger partial charge on any atom is -0.457 e. The van der Waals surface area contributed by atoms with Crippen molar-refractivity contribution in [1.82, 2.24) is 4.90 Å². The number of likely N-dealkylation sites (tertiary alicyclic amines) is 1. The van der Waals surface area contributed by atoms with Gasteiger partial charge in [0.05, 0.1) is 6.54 Å². The van der Waals surface area contributed by atoms with Crippen LogP contribution in [0.5, 0.6) is 0 Å². The van der Waals surface area contributed by atoms with E-state index in [1.807, 2.05) is 6.07 Å². The molecule has 0 radical (unpaired) electrons. The van der Waals surface area contributed by atoms with Crippen LogP contribution in [-0.2, 0) is 6.54 Å². The van der Waals surface area contributed by atoms with Gasteiger partial charge in [-0.25, -0.2) is 0 Å². The molecule has 1 aliphatic rings. The molecule has 2 heterocycles. The van der Waals surface area contributed by atoms with Gasteiger partial charge in [-0.15, -0.1) is 0 Å². The number of carbonyl (C=O) groups is 1. The van der Waals surface area contributed by atoms with Crippen molar-refractivity contribution in [3.05, 3.63) is 23.7 Å². The van der Waals surface area contributed by atoms with E-state index in [-0.39, 0.29) is 5.78 Å². The first kappa shape index (κ1) is 10.4. The van der Waals surface area contributed by atoms with Gasteiger partial charge in [-0.1, -0.05) is 0 Å². The van der Waals surface area contributed by atoms with Crippen molar-refractivity contribution in [2.45, 2.75) is 39.3 Å². The number of carbonyl (C=O) groups excluding carboxylic acids is 1. The summed E-state index contributed by atoms with van der Waals surface area (Å²) in [6, 6.07) is 4.30. The van der Waals surface area contributed by atoms with Crippen molar-refractivity contribution >= 4 is 5.78 Å². The van der Waals surface area contributed by atoms with Gasteiger partial charge in [0.1, 0.15) is 5.76 Å². The van der Waals surface area contributed by atoms with Crippen LogP contribution < -0.4 is 0 Å². The maximum absolute atomic E-state index is 11.1. The minimum absolute atomic E-state index is 0.00396. The predicted octanol–water partition coefficient (Wildman–Crippen LogP) is 2.47. The van der Waals surface area contributed by atoms with E-state index in [0.717, 1.165) is 18.8 Å². The van der Waals surface area contributed by atoms with Crippen molar-refractivity contribution in [3.8, 4) is 0 Å². The first-order valence-electron chi connectivity index (χ1n) is 5.50. The highest BCUT2D eigenvalue weighted by Crippen LogP contribution is 2.20. The van der Waals surface area contributed by atoms with Crippen LogP contribution in [0.2, 0.25) is 0 Å². The summed E-state index contributed by atoms with van der Waals surface area (Å²) in [5.74, 6) is 1.36. The molecular weight excluding hydrogens is 190 g/mol. The number of hydrogen-bond donors (Lipinski definition) is 0. The minimum atomic E-state index is -0.00396. The quantitative estimate of drug-likeness (QED) is 0.714. The molecule has 0 spiro atoms. The summed E-state index contributed by atoms with van der Waals surface area (Å²) < 4.78 is 5.46. The second-order valence-electron chi connectivity index (χ2n) is 4.28. The first-order chi connectivity index (χ1) is 7.16. The van der Waals surface area contributed by atoms with Crippen LogP contribution in [0.1, 0.15) is 43.0 Å². The van der Waals surface area contributed by atoms with E-state index in [4.69, 9.17) is 4.42 Å². The van der Waals surface area contributed by atoms with Gasteiger partial charge in [0.25, 0.3) is 0 Å². The molecule has 0 saturated carbocycles. The van der Waals surface area contributed by atoms with Crippen LogP contribution in [0.3, 0.4) is 0 Å². The molecule has 1 atom stereocenters. The summed E-state index contributed by atoms with van der Waals surface area (Å²) in [5, 5.41) is 0. The van der Waals surface area contributed by atoms with E-state index in [9.17, 15) is 4.79 Å². The van der Waals surface area contributed by atoms with Gasteiger partial charge >= 0.3 is 0 Å². The average Bonchev–Trinajstić information content (AvgIpc) is 2.77. The van der Waals surface area contributed by atoms with Crippen LogP contribution in [0.4, 0.5) is 0 Å². The standard InChI is InChI=1S/C12H17NO2/c1-9-4-3-7-13(9)8-11-5-6-12(15-11)10(2)14/h5-6,9H,3-4,7-8H2,1-2H3. The summed E-state index contributed by atoms with van der Waals surface area (Å²) >= 11 is 0. The number of rotatable bonds is 3. The Balaban J connectivity index is 2.01. The zero-order chi connectivity index (χ0) is 10.8. The van der Waals surface area contributed by atoms with Crippen molar-refractivity contribution in [3.63, 3.8) is 0 Å². The van der Waals surface area contributed by atoms with E-state index in [1.54, 1.807) is 6.07 Å². The van der Waals surface area contributed by atoms with Crippen LogP contribution in [0.15, 0.2) is 16.5 Å². The lowest BCUT2D eigenvalue weighted by Crippen LogP contribution is -2.25. The van der Waals surface area contributed by atoms with Gasteiger partial charge in [-0.05, 0) is 38.4 Å². The van der Waals surface area contributed by atoms with E-state index in [0.29, 0.717) is 11.8 Å². The lowest BCUT2D eigenvalue weighted by molar-refractivity contribution is 0.0983. The molecule has 1 saturated heterocycles. The zero-order valence-electron chi connectivity index (χ0n) is 9.32. The van der Waals surface area contributed by atoms with Crippen molar-refractivity contribution < 1.29 is 9.21 Å². The highest BCUT2D eigenvalue weighted by atomic mass is 16.3. The Morgan fingerprint density at radius 3 is 2.93 bits per heavy atom. The second-order valence-corrected chi connectivity index (χ2v) is 4.28. The van der Waals surface area contributed by atoms with Crippen molar-refractivity contribution in [2.75, 3.05) is 6.54 Å². The number of nitrogens with zero attached hydrogens (tertiary/aromatic N) is 1. The van der Waals surface area contributed by atoms with E-state index < -0.39 is 0 Å². The highest BCUT2D eigenvalue weighted by molar-refractivity contribution is 5.91.